The summed E-state index contributed by atoms with van der Waals surface area (Å²) in [6, 6.07) is 32.2. The zero-order valence-corrected chi connectivity index (χ0v) is 24.2. The summed E-state index contributed by atoms with van der Waals surface area (Å²) < 4.78 is 10.7. The van der Waals surface area contributed by atoms with E-state index in [1.54, 1.807) is 0 Å². The SMILES string of the molecule is CC(C)Oc1ccc2c3ccccc3n(-c3cn(-c4c(C(C)C)cccc4C(C)C)c(-c4ccccc4)n3)c2c1. The summed E-state index contributed by atoms with van der Waals surface area (Å²) in [7, 11) is 0. The van der Waals surface area contributed by atoms with Gasteiger partial charge < -0.3 is 4.74 Å². The number of benzene rings is 4. The molecule has 2 aromatic heterocycles. The molecular weight excluding hydrogens is 490 g/mol. The molecule has 0 saturated carbocycles. The largest absolute Gasteiger partial charge is 0.491 e. The minimum absolute atomic E-state index is 0.0983. The summed E-state index contributed by atoms with van der Waals surface area (Å²) in [4.78, 5) is 5.38. The van der Waals surface area contributed by atoms with Gasteiger partial charge in [-0.15, -0.1) is 0 Å². The van der Waals surface area contributed by atoms with Crippen molar-refractivity contribution in [3.8, 4) is 28.6 Å². The van der Waals surface area contributed by atoms with E-state index < -0.39 is 0 Å². The van der Waals surface area contributed by atoms with Crippen LogP contribution in [0.1, 0.15) is 64.5 Å². The maximum absolute atomic E-state index is 6.12. The monoisotopic (exact) mass is 527 g/mol. The predicted molar refractivity (Wildman–Crippen MR) is 167 cm³/mol. The van der Waals surface area contributed by atoms with Crippen LogP contribution in [-0.4, -0.2) is 20.2 Å². The molecule has 4 nitrogen and oxygen atoms in total. The molecule has 0 aliphatic rings. The van der Waals surface area contributed by atoms with Gasteiger partial charge in [-0.05, 0) is 55.0 Å². The molecule has 0 unspecified atom stereocenters. The Kier molecular flexibility index (Phi) is 6.71. The van der Waals surface area contributed by atoms with Crippen LogP contribution in [0.5, 0.6) is 5.75 Å². The molecule has 6 aromatic rings. The van der Waals surface area contributed by atoms with Gasteiger partial charge in [0.1, 0.15) is 11.6 Å². The number of nitrogens with zero attached hydrogens (tertiary/aromatic N) is 3. The van der Waals surface area contributed by atoms with Gasteiger partial charge in [-0.1, -0.05) is 94.4 Å². The van der Waals surface area contributed by atoms with E-state index in [0.29, 0.717) is 11.8 Å². The van der Waals surface area contributed by atoms with E-state index >= 15 is 0 Å². The highest BCUT2D eigenvalue weighted by atomic mass is 16.5. The minimum Gasteiger partial charge on any atom is -0.491 e. The lowest BCUT2D eigenvalue weighted by molar-refractivity contribution is 0.242. The first-order valence-electron chi connectivity index (χ1n) is 14.3. The fourth-order valence-corrected chi connectivity index (χ4v) is 5.77. The van der Waals surface area contributed by atoms with E-state index in [-0.39, 0.29) is 6.10 Å². The van der Waals surface area contributed by atoms with Crippen LogP contribution in [0.2, 0.25) is 0 Å². The van der Waals surface area contributed by atoms with Gasteiger partial charge in [0.05, 0.1) is 29.0 Å². The molecule has 0 aliphatic heterocycles. The lowest BCUT2D eigenvalue weighted by Crippen LogP contribution is -2.07. The molecule has 0 N–H and O–H groups in total. The van der Waals surface area contributed by atoms with Gasteiger partial charge in [0, 0.05) is 22.4 Å². The van der Waals surface area contributed by atoms with Crippen LogP contribution >= 0.6 is 0 Å². The third kappa shape index (κ3) is 4.48. The lowest BCUT2D eigenvalue weighted by Gasteiger charge is -2.21. The second-order valence-electron chi connectivity index (χ2n) is 11.5. The number of hydrogen-bond acceptors (Lipinski definition) is 2. The van der Waals surface area contributed by atoms with Crippen LogP contribution in [0.3, 0.4) is 0 Å². The molecule has 4 heteroatoms. The van der Waals surface area contributed by atoms with Gasteiger partial charge in [0.15, 0.2) is 5.82 Å². The van der Waals surface area contributed by atoms with Crippen molar-refractivity contribution in [2.24, 2.45) is 0 Å². The third-order valence-electron chi connectivity index (χ3n) is 7.55. The van der Waals surface area contributed by atoms with E-state index in [9.17, 15) is 0 Å². The summed E-state index contributed by atoms with van der Waals surface area (Å²) >= 11 is 0. The first-order chi connectivity index (χ1) is 19.3. The van der Waals surface area contributed by atoms with Crippen LogP contribution in [0.25, 0.3) is 44.7 Å². The number of imidazole rings is 1. The first kappa shape index (κ1) is 25.9. The maximum Gasteiger partial charge on any atom is 0.156 e. The second-order valence-corrected chi connectivity index (χ2v) is 11.5. The van der Waals surface area contributed by atoms with E-state index in [1.165, 1.54) is 27.6 Å². The van der Waals surface area contributed by atoms with Crippen molar-refractivity contribution >= 4 is 21.8 Å². The Morgan fingerprint density at radius 1 is 0.650 bits per heavy atom. The molecular formula is C36H37N3O. The molecule has 202 valence electrons. The van der Waals surface area contributed by atoms with Crippen LogP contribution in [0.15, 0.2) is 97.2 Å². The highest BCUT2D eigenvalue weighted by Crippen LogP contribution is 2.38. The van der Waals surface area contributed by atoms with Crippen molar-refractivity contribution < 1.29 is 4.74 Å². The molecule has 6 rings (SSSR count). The van der Waals surface area contributed by atoms with E-state index in [4.69, 9.17) is 9.72 Å². The molecule has 0 fully saturated rings. The topological polar surface area (TPSA) is 32.0 Å². The van der Waals surface area contributed by atoms with E-state index in [2.05, 4.69) is 148 Å². The fraction of sp³-hybridized carbons (Fsp3) is 0.250. The van der Waals surface area contributed by atoms with Gasteiger partial charge in [0.25, 0.3) is 0 Å². The van der Waals surface area contributed by atoms with Crippen LogP contribution in [-0.2, 0) is 0 Å². The van der Waals surface area contributed by atoms with E-state index in [0.717, 1.165) is 34.0 Å². The number of ether oxygens (including phenoxy) is 1. The van der Waals surface area contributed by atoms with Gasteiger partial charge in [-0.2, -0.15) is 0 Å². The van der Waals surface area contributed by atoms with E-state index in [1.807, 2.05) is 0 Å². The molecule has 40 heavy (non-hydrogen) atoms. The molecule has 0 bridgehead atoms. The fourth-order valence-electron chi connectivity index (χ4n) is 5.77. The Bertz CT molecular complexity index is 1780. The van der Waals surface area contributed by atoms with Crippen LogP contribution < -0.4 is 4.74 Å². The second kappa shape index (κ2) is 10.3. The summed E-state index contributed by atoms with van der Waals surface area (Å²) in [6.45, 7) is 13.2. The number of hydrogen-bond donors (Lipinski definition) is 0. The van der Waals surface area contributed by atoms with Crippen LogP contribution in [0.4, 0.5) is 0 Å². The summed E-state index contributed by atoms with van der Waals surface area (Å²) in [5.41, 5.74) is 7.18. The normalized spacial score (nSPS) is 11.9. The zero-order valence-electron chi connectivity index (χ0n) is 24.2. The minimum atomic E-state index is 0.0983. The molecule has 0 radical (unpaired) electrons. The molecule has 0 saturated heterocycles. The molecule has 2 heterocycles. The Morgan fingerprint density at radius 3 is 1.98 bits per heavy atom. The predicted octanol–water partition coefficient (Wildman–Crippen LogP) is 9.67. The van der Waals surface area contributed by atoms with Crippen molar-refractivity contribution in [2.75, 3.05) is 0 Å². The Hall–Kier alpha value is -4.31. The average molecular weight is 528 g/mol. The zero-order chi connectivity index (χ0) is 28.0. The maximum atomic E-state index is 6.12. The van der Waals surface area contributed by atoms with Crippen molar-refractivity contribution in [1.82, 2.24) is 14.1 Å². The number of para-hydroxylation sites is 2. The highest BCUT2D eigenvalue weighted by molar-refractivity contribution is 6.09. The van der Waals surface area contributed by atoms with Crippen molar-refractivity contribution in [3.05, 3.63) is 108 Å². The van der Waals surface area contributed by atoms with Gasteiger partial charge >= 0.3 is 0 Å². The number of aromatic nitrogens is 3. The Balaban J connectivity index is 1.69. The number of fused-ring (bicyclic) bond motifs is 3. The molecule has 0 atom stereocenters. The van der Waals surface area contributed by atoms with Crippen molar-refractivity contribution in [3.63, 3.8) is 0 Å². The first-order valence-corrected chi connectivity index (χ1v) is 14.3. The van der Waals surface area contributed by atoms with Gasteiger partial charge in [-0.3, -0.25) is 9.13 Å². The summed E-state index contributed by atoms with van der Waals surface area (Å²) in [5, 5.41) is 2.39. The van der Waals surface area contributed by atoms with Crippen molar-refractivity contribution in [2.45, 2.75) is 59.5 Å². The Labute approximate surface area is 236 Å². The standard InChI is InChI=1S/C36H37N3O/c1-23(2)28-16-12-17-29(24(3)4)35(28)38-22-34(37-36(38)26-13-8-7-9-14-26)39-32-18-11-10-15-30(32)31-20-19-27(21-33(31)39)40-25(5)6/h7-25H,1-6H3. The third-order valence-corrected chi connectivity index (χ3v) is 7.55. The summed E-state index contributed by atoms with van der Waals surface area (Å²) in [6.07, 6.45) is 2.32. The molecule has 0 amide bonds. The smallest absolute Gasteiger partial charge is 0.156 e. The van der Waals surface area contributed by atoms with Crippen molar-refractivity contribution in [1.29, 1.82) is 0 Å². The van der Waals surface area contributed by atoms with Gasteiger partial charge in [-0.25, -0.2) is 4.98 Å². The molecule has 0 aliphatic carbocycles. The average Bonchev–Trinajstić information content (AvgIpc) is 3.51. The Morgan fingerprint density at radius 2 is 1.30 bits per heavy atom. The number of rotatable bonds is 7. The highest BCUT2D eigenvalue weighted by Gasteiger charge is 2.22. The lowest BCUT2D eigenvalue weighted by atomic mass is 9.92. The van der Waals surface area contributed by atoms with Gasteiger partial charge in [0.2, 0.25) is 0 Å². The quantitative estimate of drug-likeness (QED) is 0.207. The summed E-state index contributed by atoms with van der Waals surface area (Å²) in [5.74, 6) is 3.42. The van der Waals surface area contributed by atoms with Crippen LogP contribution in [0, 0.1) is 0 Å². The molecule has 0 spiro atoms. The molecule has 4 aromatic carbocycles.